The van der Waals surface area contributed by atoms with Crippen LogP contribution in [-0.4, -0.2) is 81.8 Å². The third kappa shape index (κ3) is 7.64. The molecule has 0 saturated heterocycles. The molecular formula is C32H38N5O7P. The quantitative estimate of drug-likeness (QED) is 0.163. The van der Waals surface area contributed by atoms with Crippen LogP contribution in [0.4, 0.5) is 0 Å². The zero-order valence-electron chi connectivity index (χ0n) is 25.8. The number of carbonyl (C=O) groups is 3. The van der Waals surface area contributed by atoms with Crippen molar-refractivity contribution in [3.05, 3.63) is 83.3 Å². The van der Waals surface area contributed by atoms with Gasteiger partial charge in [-0.05, 0) is 38.1 Å². The van der Waals surface area contributed by atoms with Crippen LogP contribution in [0.2, 0.25) is 0 Å². The summed E-state index contributed by atoms with van der Waals surface area (Å²) in [5.41, 5.74) is 3.06. The van der Waals surface area contributed by atoms with Gasteiger partial charge in [0.1, 0.15) is 11.4 Å². The van der Waals surface area contributed by atoms with Gasteiger partial charge in [-0.1, -0.05) is 43.3 Å². The van der Waals surface area contributed by atoms with Crippen LogP contribution in [0.5, 0.6) is 5.75 Å². The van der Waals surface area contributed by atoms with E-state index in [0.717, 1.165) is 16.6 Å². The van der Waals surface area contributed by atoms with Crippen LogP contribution in [0.3, 0.4) is 0 Å². The van der Waals surface area contributed by atoms with Crippen molar-refractivity contribution in [1.29, 1.82) is 0 Å². The van der Waals surface area contributed by atoms with E-state index in [1.54, 1.807) is 63.1 Å². The number of nitrogens with zero attached hydrogens (tertiary/aromatic N) is 3. The van der Waals surface area contributed by atoms with Gasteiger partial charge in [-0.25, -0.2) is 4.57 Å². The van der Waals surface area contributed by atoms with Gasteiger partial charge in [-0.3, -0.25) is 24.0 Å². The number of nitrogens with one attached hydrogen (secondary N) is 2. The molecule has 0 fully saturated rings. The summed E-state index contributed by atoms with van der Waals surface area (Å²) in [6, 6.07) is 18.1. The van der Waals surface area contributed by atoms with Crippen LogP contribution in [0.25, 0.3) is 10.9 Å². The zero-order chi connectivity index (χ0) is 32.1. The molecule has 2 amide bonds. The summed E-state index contributed by atoms with van der Waals surface area (Å²) < 4.78 is 30.6. The van der Waals surface area contributed by atoms with Gasteiger partial charge in [0, 0.05) is 48.7 Å². The SMILES string of the molecule is CC(C)OC(=O)[C@H](C)CP(=O)(OCCN(C)C(=O)c1n[nH]c2c1CN(C(=O)c1cc3ccccc3[nH]1)CC2)Oc1ccccc1. The van der Waals surface area contributed by atoms with Crippen LogP contribution in [-0.2, 0) is 31.6 Å². The van der Waals surface area contributed by atoms with Crippen molar-refractivity contribution in [1.82, 2.24) is 25.0 Å². The lowest BCUT2D eigenvalue weighted by Crippen LogP contribution is -2.37. The lowest BCUT2D eigenvalue weighted by Gasteiger charge is -2.27. The van der Waals surface area contributed by atoms with Gasteiger partial charge >= 0.3 is 13.6 Å². The molecule has 5 rings (SSSR count). The Morgan fingerprint density at radius 1 is 1.07 bits per heavy atom. The number of esters is 1. The van der Waals surface area contributed by atoms with E-state index in [0.29, 0.717) is 30.0 Å². The number of H-pyrrole nitrogens is 2. The average molecular weight is 636 g/mol. The second-order valence-electron chi connectivity index (χ2n) is 11.4. The van der Waals surface area contributed by atoms with E-state index >= 15 is 0 Å². The highest BCUT2D eigenvalue weighted by Crippen LogP contribution is 2.50. The fraction of sp³-hybridized carbons (Fsp3) is 0.375. The normalized spacial score (nSPS) is 14.9. The second kappa shape index (κ2) is 13.7. The minimum absolute atomic E-state index is 0.0745. The molecule has 0 bridgehead atoms. The van der Waals surface area contributed by atoms with Gasteiger partial charge in [0.25, 0.3) is 11.8 Å². The molecule has 45 heavy (non-hydrogen) atoms. The van der Waals surface area contributed by atoms with Crippen LogP contribution in [0, 0.1) is 5.92 Å². The number of rotatable bonds is 12. The molecule has 3 heterocycles. The van der Waals surface area contributed by atoms with Crippen molar-refractivity contribution in [2.24, 2.45) is 5.92 Å². The van der Waals surface area contributed by atoms with Gasteiger partial charge in [-0.2, -0.15) is 5.10 Å². The maximum absolute atomic E-state index is 13.8. The third-order valence-corrected chi connectivity index (χ3v) is 9.54. The number of aromatic amines is 2. The number of likely N-dealkylation sites (N-methyl/N-ethyl adjacent to an activating group) is 1. The largest absolute Gasteiger partial charge is 0.463 e. The summed E-state index contributed by atoms with van der Waals surface area (Å²) >= 11 is 0. The molecule has 1 unspecified atom stereocenters. The van der Waals surface area contributed by atoms with Crippen molar-refractivity contribution in [3.8, 4) is 5.75 Å². The summed E-state index contributed by atoms with van der Waals surface area (Å²) in [7, 11) is -2.24. The Bertz CT molecular complexity index is 1680. The van der Waals surface area contributed by atoms with Crippen LogP contribution < -0.4 is 4.52 Å². The Morgan fingerprint density at radius 3 is 2.53 bits per heavy atom. The van der Waals surface area contributed by atoms with E-state index in [1.807, 2.05) is 30.3 Å². The minimum Gasteiger partial charge on any atom is -0.463 e. The first-order valence-corrected chi connectivity index (χ1v) is 16.6. The molecule has 4 aromatic rings. The van der Waals surface area contributed by atoms with Gasteiger partial charge in [0.15, 0.2) is 5.69 Å². The summed E-state index contributed by atoms with van der Waals surface area (Å²) in [5, 5.41) is 8.18. The Balaban J connectivity index is 1.23. The van der Waals surface area contributed by atoms with Crippen LogP contribution in [0.15, 0.2) is 60.7 Å². The maximum Gasteiger partial charge on any atom is 0.380 e. The van der Waals surface area contributed by atoms with Gasteiger partial charge in [0.05, 0.1) is 31.3 Å². The van der Waals surface area contributed by atoms with E-state index in [2.05, 4.69) is 15.2 Å². The average Bonchev–Trinajstić information content (AvgIpc) is 3.64. The predicted octanol–water partition coefficient (Wildman–Crippen LogP) is 5.04. The molecule has 1 aliphatic heterocycles. The predicted molar refractivity (Wildman–Crippen MR) is 168 cm³/mol. The van der Waals surface area contributed by atoms with E-state index < -0.39 is 19.5 Å². The standard InChI is InChI=1S/C32H38N5O7P/c1-21(2)43-32(40)22(3)20-45(41,44-24-11-6-5-7-12-24)42-17-16-36(4)31(39)29-25-19-37(15-14-27(25)34-35-29)30(38)28-18-23-10-8-9-13-26(23)33-28/h5-13,18,21-22,33H,14-17,19-20H2,1-4H3,(H,34,35)/t22-,45?/m1/s1. The van der Waals surface area contributed by atoms with Crippen LogP contribution >= 0.6 is 7.60 Å². The highest BCUT2D eigenvalue weighted by molar-refractivity contribution is 7.54. The summed E-state index contributed by atoms with van der Waals surface area (Å²) in [4.78, 5) is 45.6. The molecule has 2 N–H and O–H groups in total. The Morgan fingerprint density at radius 2 is 1.80 bits per heavy atom. The molecule has 2 atom stereocenters. The fourth-order valence-corrected chi connectivity index (χ4v) is 6.98. The van der Waals surface area contributed by atoms with Gasteiger partial charge < -0.3 is 24.0 Å². The highest BCUT2D eigenvalue weighted by atomic mass is 31.2. The monoisotopic (exact) mass is 635 g/mol. The Hall–Kier alpha value is -4.41. The first-order valence-electron chi connectivity index (χ1n) is 14.9. The number of ether oxygens (including phenoxy) is 1. The summed E-state index contributed by atoms with van der Waals surface area (Å²) in [5.74, 6) is -1.43. The molecule has 2 aromatic carbocycles. The summed E-state index contributed by atoms with van der Waals surface area (Å²) in [6.45, 7) is 5.77. The topological polar surface area (TPSA) is 147 Å². The van der Waals surface area contributed by atoms with Gasteiger partial charge in [-0.15, -0.1) is 0 Å². The molecule has 0 aliphatic carbocycles. The minimum atomic E-state index is -3.83. The van der Waals surface area contributed by atoms with Crippen molar-refractivity contribution in [2.45, 2.75) is 39.8 Å². The molecule has 12 nitrogen and oxygen atoms in total. The Labute approximate surface area is 261 Å². The molecule has 0 saturated carbocycles. The van der Waals surface area contributed by atoms with Crippen molar-refractivity contribution in [2.75, 3.05) is 32.9 Å². The smallest absolute Gasteiger partial charge is 0.380 e. The lowest BCUT2D eigenvalue weighted by molar-refractivity contribution is -0.151. The lowest BCUT2D eigenvalue weighted by atomic mass is 10.0. The zero-order valence-corrected chi connectivity index (χ0v) is 26.7. The third-order valence-electron chi connectivity index (χ3n) is 7.48. The number of fused-ring (bicyclic) bond motifs is 2. The van der Waals surface area contributed by atoms with E-state index in [1.165, 1.54) is 4.90 Å². The second-order valence-corrected chi connectivity index (χ2v) is 13.4. The number of aromatic nitrogens is 3. The highest BCUT2D eigenvalue weighted by Gasteiger charge is 2.34. The van der Waals surface area contributed by atoms with E-state index in [4.69, 9.17) is 13.8 Å². The van der Waals surface area contributed by atoms with Gasteiger partial charge in [0.2, 0.25) is 0 Å². The number of para-hydroxylation sites is 2. The molecule has 238 valence electrons. The number of carbonyl (C=O) groups excluding carboxylic acids is 3. The summed E-state index contributed by atoms with van der Waals surface area (Å²) in [6.07, 6.45) is 0.0193. The molecule has 13 heteroatoms. The molecule has 1 aliphatic rings. The maximum atomic E-state index is 13.8. The van der Waals surface area contributed by atoms with Crippen molar-refractivity contribution >= 4 is 36.3 Å². The van der Waals surface area contributed by atoms with E-state index in [9.17, 15) is 18.9 Å². The molecular weight excluding hydrogens is 597 g/mol. The van der Waals surface area contributed by atoms with Crippen molar-refractivity contribution in [3.63, 3.8) is 0 Å². The molecule has 0 radical (unpaired) electrons. The number of benzene rings is 2. The number of hydrogen-bond donors (Lipinski definition) is 2. The fourth-order valence-electron chi connectivity index (χ4n) is 5.12. The number of hydrogen-bond acceptors (Lipinski definition) is 8. The van der Waals surface area contributed by atoms with Crippen LogP contribution in [0.1, 0.15) is 53.0 Å². The Kier molecular flexibility index (Phi) is 9.74. The number of amides is 2. The molecule has 2 aromatic heterocycles. The first kappa shape index (κ1) is 32.0. The first-order chi connectivity index (χ1) is 21.5. The van der Waals surface area contributed by atoms with E-state index in [-0.39, 0.29) is 49.5 Å². The molecule has 0 spiro atoms. The van der Waals surface area contributed by atoms with Crippen molar-refractivity contribution < 1.29 is 32.7 Å².